The zero-order valence-electron chi connectivity index (χ0n) is 10.7. The molecule has 100 valence electrons. The molecule has 0 aliphatic heterocycles. The van der Waals surface area contributed by atoms with Crippen molar-refractivity contribution in [3.63, 3.8) is 0 Å². The summed E-state index contributed by atoms with van der Waals surface area (Å²) < 4.78 is 1.77. The fourth-order valence-corrected chi connectivity index (χ4v) is 2.43. The lowest BCUT2D eigenvalue weighted by Crippen LogP contribution is -2.02. The third-order valence-electron chi connectivity index (χ3n) is 3.10. The van der Waals surface area contributed by atoms with Crippen LogP contribution in [0.3, 0.4) is 0 Å². The van der Waals surface area contributed by atoms with Gasteiger partial charge in [0.2, 0.25) is 0 Å². The first kappa shape index (κ1) is 13.2. The predicted molar refractivity (Wildman–Crippen MR) is 81.6 cm³/mol. The third-order valence-corrected chi connectivity index (χ3v) is 3.74. The molecular weight excluding hydrogens is 293 g/mol. The van der Waals surface area contributed by atoms with Crippen LogP contribution in [0.4, 0.5) is 0 Å². The minimum Gasteiger partial charge on any atom is -0.215 e. The molecular formula is C15H11Cl2N3. The monoisotopic (exact) mass is 303 g/mol. The Morgan fingerprint density at radius 3 is 2.65 bits per heavy atom. The third kappa shape index (κ3) is 2.30. The average Bonchev–Trinajstić information content (AvgIpc) is 2.91. The van der Waals surface area contributed by atoms with Gasteiger partial charge in [0.1, 0.15) is 6.33 Å². The van der Waals surface area contributed by atoms with Crippen molar-refractivity contribution >= 4 is 23.2 Å². The number of aromatic nitrogens is 3. The average molecular weight is 304 g/mol. The fourth-order valence-electron chi connectivity index (χ4n) is 2.07. The summed E-state index contributed by atoms with van der Waals surface area (Å²) in [4.78, 5) is 4.32. The number of rotatable bonds is 2. The smallest absolute Gasteiger partial charge is 0.163 e. The standard InChI is InChI=1S/C15H11Cl2N3/c1-10-13(17)6-3-7-14(10)20-15(18-9-19-20)11-4-2-5-12(16)8-11/h2-9H,1H3. The van der Waals surface area contributed by atoms with Gasteiger partial charge >= 0.3 is 0 Å². The van der Waals surface area contributed by atoms with Gasteiger partial charge in [0, 0.05) is 15.6 Å². The topological polar surface area (TPSA) is 30.7 Å². The molecule has 2 aromatic carbocycles. The Morgan fingerprint density at radius 1 is 1.05 bits per heavy atom. The highest BCUT2D eigenvalue weighted by Gasteiger charge is 2.12. The van der Waals surface area contributed by atoms with Crippen LogP contribution in [0.5, 0.6) is 0 Å². The molecule has 0 N–H and O–H groups in total. The second-order valence-electron chi connectivity index (χ2n) is 4.39. The SMILES string of the molecule is Cc1c(Cl)cccc1-n1ncnc1-c1cccc(Cl)c1. The van der Waals surface area contributed by atoms with Gasteiger partial charge in [-0.1, -0.05) is 41.4 Å². The van der Waals surface area contributed by atoms with Crippen LogP contribution in [-0.2, 0) is 0 Å². The summed E-state index contributed by atoms with van der Waals surface area (Å²) in [5.74, 6) is 0.734. The lowest BCUT2D eigenvalue weighted by Gasteiger charge is -2.10. The van der Waals surface area contributed by atoms with Gasteiger partial charge in [-0.3, -0.25) is 0 Å². The minimum absolute atomic E-state index is 0.667. The summed E-state index contributed by atoms with van der Waals surface area (Å²) in [5.41, 5.74) is 2.78. The first-order valence-electron chi connectivity index (χ1n) is 6.08. The van der Waals surface area contributed by atoms with Crippen LogP contribution in [0.1, 0.15) is 5.56 Å². The fraction of sp³-hybridized carbons (Fsp3) is 0.0667. The largest absolute Gasteiger partial charge is 0.215 e. The van der Waals surface area contributed by atoms with Crippen molar-refractivity contribution in [1.29, 1.82) is 0 Å². The van der Waals surface area contributed by atoms with Crippen LogP contribution in [0.15, 0.2) is 48.8 Å². The Balaban J connectivity index is 2.18. The maximum absolute atomic E-state index is 6.17. The zero-order valence-corrected chi connectivity index (χ0v) is 12.2. The molecule has 0 atom stereocenters. The van der Waals surface area contributed by atoms with Gasteiger partial charge in [-0.15, -0.1) is 0 Å². The van der Waals surface area contributed by atoms with Gasteiger partial charge in [-0.25, -0.2) is 9.67 Å². The van der Waals surface area contributed by atoms with Crippen molar-refractivity contribution in [2.75, 3.05) is 0 Å². The van der Waals surface area contributed by atoms with Crippen LogP contribution in [0, 0.1) is 6.92 Å². The number of nitrogens with zero attached hydrogens (tertiary/aromatic N) is 3. The Morgan fingerprint density at radius 2 is 1.85 bits per heavy atom. The van der Waals surface area contributed by atoms with Crippen molar-refractivity contribution < 1.29 is 0 Å². The van der Waals surface area contributed by atoms with E-state index in [2.05, 4.69) is 10.1 Å². The lowest BCUT2D eigenvalue weighted by atomic mass is 10.1. The Bertz CT molecular complexity index is 765. The summed E-state index contributed by atoms with van der Waals surface area (Å²) in [5, 5.41) is 5.67. The highest BCUT2D eigenvalue weighted by atomic mass is 35.5. The highest BCUT2D eigenvalue weighted by Crippen LogP contribution is 2.27. The molecule has 0 aliphatic rings. The quantitative estimate of drug-likeness (QED) is 0.695. The van der Waals surface area contributed by atoms with E-state index in [0.717, 1.165) is 22.6 Å². The molecule has 1 aromatic heterocycles. The van der Waals surface area contributed by atoms with Crippen LogP contribution in [-0.4, -0.2) is 14.8 Å². The first-order valence-corrected chi connectivity index (χ1v) is 6.84. The van der Waals surface area contributed by atoms with E-state index in [1.54, 1.807) is 4.68 Å². The van der Waals surface area contributed by atoms with E-state index in [0.29, 0.717) is 10.0 Å². The van der Waals surface area contributed by atoms with Crippen LogP contribution >= 0.6 is 23.2 Å². The molecule has 0 fully saturated rings. The van der Waals surface area contributed by atoms with Crippen molar-refractivity contribution in [1.82, 2.24) is 14.8 Å². The van der Waals surface area contributed by atoms with Gasteiger partial charge in [-0.05, 0) is 36.8 Å². The van der Waals surface area contributed by atoms with Gasteiger partial charge in [-0.2, -0.15) is 5.10 Å². The summed E-state index contributed by atoms with van der Waals surface area (Å²) >= 11 is 12.2. The Labute approximate surface area is 126 Å². The minimum atomic E-state index is 0.667. The molecule has 0 saturated heterocycles. The summed E-state index contributed by atoms with van der Waals surface area (Å²) in [7, 11) is 0. The van der Waals surface area contributed by atoms with E-state index in [1.165, 1.54) is 6.33 Å². The summed E-state index contributed by atoms with van der Waals surface area (Å²) in [6.45, 7) is 1.96. The molecule has 0 radical (unpaired) electrons. The highest BCUT2D eigenvalue weighted by molar-refractivity contribution is 6.31. The summed E-state index contributed by atoms with van der Waals surface area (Å²) in [6, 6.07) is 13.3. The van der Waals surface area contributed by atoms with E-state index in [1.807, 2.05) is 49.4 Å². The molecule has 3 nitrogen and oxygen atoms in total. The number of hydrogen-bond acceptors (Lipinski definition) is 2. The molecule has 5 heteroatoms. The Hall–Kier alpha value is -1.84. The van der Waals surface area contributed by atoms with Crippen molar-refractivity contribution in [2.24, 2.45) is 0 Å². The van der Waals surface area contributed by atoms with E-state index in [9.17, 15) is 0 Å². The van der Waals surface area contributed by atoms with Crippen molar-refractivity contribution in [2.45, 2.75) is 6.92 Å². The van der Waals surface area contributed by atoms with E-state index >= 15 is 0 Å². The molecule has 20 heavy (non-hydrogen) atoms. The molecule has 0 bridgehead atoms. The molecule has 0 saturated carbocycles. The first-order chi connectivity index (χ1) is 9.66. The molecule has 0 unspecified atom stereocenters. The normalized spacial score (nSPS) is 10.8. The van der Waals surface area contributed by atoms with E-state index in [-0.39, 0.29) is 0 Å². The van der Waals surface area contributed by atoms with E-state index < -0.39 is 0 Å². The van der Waals surface area contributed by atoms with Crippen molar-refractivity contribution in [3.05, 3.63) is 64.4 Å². The van der Waals surface area contributed by atoms with Gasteiger partial charge in [0.15, 0.2) is 5.82 Å². The zero-order chi connectivity index (χ0) is 14.1. The molecule has 0 spiro atoms. The molecule has 3 rings (SSSR count). The van der Waals surface area contributed by atoms with E-state index in [4.69, 9.17) is 23.2 Å². The summed E-state index contributed by atoms with van der Waals surface area (Å²) in [6.07, 6.45) is 1.52. The molecule has 0 amide bonds. The molecule has 1 heterocycles. The number of hydrogen-bond donors (Lipinski definition) is 0. The van der Waals surface area contributed by atoms with Crippen LogP contribution in [0.25, 0.3) is 17.1 Å². The maximum Gasteiger partial charge on any atom is 0.163 e. The Kier molecular flexibility index (Phi) is 3.47. The molecule has 0 aliphatic carbocycles. The number of halogens is 2. The molecule has 3 aromatic rings. The van der Waals surface area contributed by atoms with Gasteiger partial charge in [0.25, 0.3) is 0 Å². The van der Waals surface area contributed by atoms with Crippen LogP contribution < -0.4 is 0 Å². The van der Waals surface area contributed by atoms with Crippen LogP contribution in [0.2, 0.25) is 10.0 Å². The van der Waals surface area contributed by atoms with Gasteiger partial charge in [0.05, 0.1) is 5.69 Å². The predicted octanol–water partition coefficient (Wildman–Crippen LogP) is 4.55. The van der Waals surface area contributed by atoms with Gasteiger partial charge < -0.3 is 0 Å². The van der Waals surface area contributed by atoms with Crippen molar-refractivity contribution in [3.8, 4) is 17.1 Å². The number of benzene rings is 2. The second-order valence-corrected chi connectivity index (χ2v) is 5.23. The second kappa shape index (κ2) is 5.27. The lowest BCUT2D eigenvalue weighted by molar-refractivity contribution is 0.879. The maximum atomic E-state index is 6.17.